The first-order chi connectivity index (χ1) is 16.1. The molecule has 5 rings (SSSR count). The summed E-state index contributed by atoms with van der Waals surface area (Å²) in [5.41, 5.74) is 5.99. The lowest BCUT2D eigenvalue weighted by molar-refractivity contribution is 0.0963. The second-order valence-corrected chi connectivity index (χ2v) is 8.26. The molecule has 1 aliphatic rings. The number of nitrogens with one attached hydrogen (secondary N) is 3. The van der Waals surface area contributed by atoms with Crippen LogP contribution in [0.25, 0.3) is 16.6 Å². The standard InChI is InChI=1S/C24H27N7O2/c1-25-18-13-17(23(32)26-2)5-6-20(18)30-10-8-29(9-11-30)15-16-12-19-22(27-14-16)21-4-3-7-31(21)24(33)28-19/h3-7,12-14,25H,8-11,15H2,1-2H3,(H,26,32)(H,28,33). The van der Waals surface area contributed by atoms with Crippen LogP contribution in [0.2, 0.25) is 0 Å². The highest BCUT2D eigenvalue weighted by atomic mass is 16.1. The average molecular weight is 446 g/mol. The third-order valence-corrected chi connectivity index (χ3v) is 6.27. The fraction of sp³-hybridized carbons (Fsp3) is 0.292. The Morgan fingerprint density at radius 2 is 1.94 bits per heavy atom. The van der Waals surface area contributed by atoms with Crippen LogP contribution in [0, 0.1) is 0 Å². The van der Waals surface area contributed by atoms with Gasteiger partial charge in [-0.25, -0.2) is 4.79 Å². The number of carbonyl (C=O) groups excluding carboxylic acids is 1. The number of aromatic nitrogens is 3. The Kier molecular flexibility index (Phi) is 5.47. The molecule has 0 atom stereocenters. The maximum Gasteiger partial charge on any atom is 0.330 e. The van der Waals surface area contributed by atoms with Gasteiger partial charge in [0.2, 0.25) is 0 Å². The van der Waals surface area contributed by atoms with Crippen LogP contribution < -0.4 is 21.2 Å². The Morgan fingerprint density at radius 3 is 2.70 bits per heavy atom. The fourth-order valence-electron chi connectivity index (χ4n) is 4.52. The Morgan fingerprint density at radius 1 is 1.12 bits per heavy atom. The summed E-state index contributed by atoms with van der Waals surface area (Å²) in [6.07, 6.45) is 3.64. The minimum Gasteiger partial charge on any atom is -0.386 e. The Labute approximate surface area is 191 Å². The maximum atomic E-state index is 12.3. The lowest BCUT2D eigenvalue weighted by Crippen LogP contribution is -2.46. The summed E-state index contributed by atoms with van der Waals surface area (Å²) in [6.45, 7) is 4.37. The molecule has 1 fully saturated rings. The van der Waals surface area contributed by atoms with Crippen molar-refractivity contribution in [3.05, 3.63) is 70.4 Å². The van der Waals surface area contributed by atoms with E-state index in [1.54, 1.807) is 17.6 Å². The van der Waals surface area contributed by atoms with Crippen molar-refractivity contribution in [2.75, 3.05) is 50.5 Å². The first kappa shape index (κ1) is 21.0. The number of pyridine rings is 1. The van der Waals surface area contributed by atoms with Gasteiger partial charge in [0.25, 0.3) is 5.91 Å². The SMILES string of the molecule is CNC(=O)c1ccc(N2CCN(Cc3cnc4c(c3)[nH]c(=O)n3cccc43)CC2)c(NC)c1. The Hall–Kier alpha value is -3.85. The third-order valence-electron chi connectivity index (χ3n) is 6.27. The number of aromatic amines is 1. The van der Waals surface area contributed by atoms with Crippen molar-refractivity contribution in [1.29, 1.82) is 0 Å². The zero-order valence-electron chi connectivity index (χ0n) is 18.8. The molecule has 170 valence electrons. The van der Waals surface area contributed by atoms with E-state index in [1.807, 2.05) is 49.6 Å². The zero-order chi connectivity index (χ0) is 22.9. The van der Waals surface area contributed by atoms with Crippen molar-refractivity contribution in [1.82, 2.24) is 24.6 Å². The number of fused-ring (bicyclic) bond motifs is 3. The number of amides is 1. The number of H-pyrrole nitrogens is 1. The van der Waals surface area contributed by atoms with E-state index in [1.165, 1.54) is 0 Å². The molecule has 9 heteroatoms. The van der Waals surface area contributed by atoms with Gasteiger partial charge in [0, 0.05) is 64.8 Å². The summed E-state index contributed by atoms with van der Waals surface area (Å²) >= 11 is 0. The highest BCUT2D eigenvalue weighted by Gasteiger charge is 2.20. The van der Waals surface area contributed by atoms with Gasteiger partial charge in [-0.05, 0) is 42.0 Å². The molecule has 4 aromatic rings. The number of hydrogen-bond acceptors (Lipinski definition) is 6. The molecule has 9 nitrogen and oxygen atoms in total. The minimum absolute atomic E-state index is 0.0917. The van der Waals surface area contributed by atoms with Gasteiger partial charge < -0.3 is 20.5 Å². The van der Waals surface area contributed by atoms with Crippen LogP contribution in [0.3, 0.4) is 0 Å². The molecule has 0 aliphatic carbocycles. The van der Waals surface area contributed by atoms with Gasteiger partial charge in [-0.15, -0.1) is 0 Å². The number of benzene rings is 1. The molecule has 4 heterocycles. The van der Waals surface area contributed by atoms with Gasteiger partial charge in [0.15, 0.2) is 0 Å². The second-order valence-electron chi connectivity index (χ2n) is 8.26. The Balaban J connectivity index is 1.29. The van der Waals surface area contributed by atoms with Crippen LogP contribution in [0.5, 0.6) is 0 Å². The largest absolute Gasteiger partial charge is 0.386 e. The molecule has 1 saturated heterocycles. The van der Waals surface area contributed by atoms with Crippen LogP contribution in [-0.2, 0) is 6.54 Å². The van der Waals surface area contributed by atoms with Gasteiger partial charge in [0.05, 0.1) is 22.4 Å². The summed E-state index contributed by atoms with van der Waals surface area (Å²) in [7, 11) is 3.51. The normalized spacial score (nSPS) is 14.7. The predicted molar refractivity (Wildman–Crippen MR) is 130 cm³/mol. The van der Waals surface area contributed by atoms with E-state index in [9.17, 15) is 9.59 Å². The molecule has 1 amide bonds. The monoisotopic (exact) mass is 445 g/mol. The molecule has 0 unspecified atom stereocenters. The van der Waals surface area contributed by atoms with Crippen molar-refractivity contribution in [3.63, 3.8) is 0 Å². The molecular formula is C24H27N7O2. The van der Waals surface area contributed by atoms with Crippen LogP contribution >= 0.6 is 0 Å². The molecular weight excluding hydrogens is 418 g/mol. The summed E-state index contributed by atoms with van der Waals surface area (Å²) < 4.78 is 1.58. The van der Waals surface area contributed by atoms with Crippen molar-refractivity contribution < 1.29 is 4.79 Å². The van der Waals surface area contributed by atoms with Crippen molar-refractivity contribution >= 4 is 33.8 Å². The van der Waals surface area contributed by atoms with E-state index in [-0.39, 0.29) is 11.6 Å². The van der Waals surface area contributed by atoms with Gasteiger partial charge in [-0.1, -0.05) is 0 Å². The van der Waals surface area contributed by atoms with Crippen molar-refractivity contribution in [2.24, 2.45) is 0 Å². The van der Waals surface area contributed by atoms with E-state index in [0.717, 1.165) is 66.2 Å². The summed E-state index contributed by atoms with van der Waals surface area (Å²) in [4.78, 5) is 36.5. The van der Waals surface area contributed by atoms with Gasteiger partial charge in [-0.3, -0.25) is 19.1 Å². The van der Waals surface area contributed by atoms with E-state index in [2.05, 4.69) is 30.4 Å². The highest BCUT2D eigenvalue weighted by molar-refractivity contribution is 5.96. The zero-order valence-corrected chi connectivity index (χ0v) is 18.8. The first-order valence-corrected chi connectivity index (χ1v) is 11.1. The minimum atomic E-state index is -0.155. The molecule has 33 heavy (non-hydrogen) atoms. The predicted octanol–water partition coefficient (Wildman–Crippen LogP) is 1.90. The molecule has 0 saturated carbocycles. The van der Waals surface area contributed by atoms with E-state index < -0.39 is 0 Å². The van der Waals surface area contributed by atoms with E-state index in [4.69, 9.17) is 0 Å². The molecule has 3 N–H and O–H groups in total. The molecule has 1 aromatic carbocycles. The number of carbonyl (C=O) groups is 1. The van der Waals surface area contributed by atoms with Crippen LogP contribution in [0.1, 0.15) is 15.9 Å². The van der Waals surface area contributed by atoms with Crippen LogP contribution in [0.4, 0.5) is 11.4 Å². The molecule has 1 aliphatic heterocycles. The van der Waals surface area contributed by atoms with Gasteiger partial charge in [0.1, 0.15) is 5.52 Å². The van der Waals surface area contributed by atoms with Crippen molar-refractivity contribution in [3.8, 4) is 0 Å². The maximum absolute atomic E-state index is 12.3. The number of nitrogens with zero attached hydrogens (tertiary/aromatic N) is 4. The van der Waals surface area contributed by atoms with E-state index >= 15 is 0 Å². The Bertz CT molecular complexity index is 1380. The van der Waals surface area contributed by atoms with Gasteiger partial charge in [-0.2, -0.15) is 0 Å². The van der Waals surface area contributed by atoms with Gasteiger partial charge >= 0.3 is 5.69 Å². The lowest BCUT2D eigenvalue weighted by atomic mass is 10.1. The number of anilines is 2. The fourth-order valence-corrected chi connectivity index (χ4v) is 4.52. The number of rotatable bonds is 5. The number of piperazine rings is 1. The van der Waals surface area contributed by atoms with Crippen molar-refractivity contribution in [2.45, 2.75) is 6.54 Å². The van der Waals surface area contributed by atoms with Crippen LogP contribution in [-0.4, -0.2) is 65.5 Å². The first-order valence-electron chi connectivity index (χ1n) is 11.1. The highest BCUT2D eigenvalue weighted by Crippen LogP contribution is 2.28. The molecule has 0 spiro atoms. The quantitative estimate of drug-likeness (QED) is 0.434. The van der Waals surface area contributed by atoms with Crippen LogP contribution in [0.15, 0.2) is 53.6 Å². The summed E-state index contributed by atoms with van der Waals surface area (Å²) in [5.74, 6) is -0.0917. The summed E-state index contributed by atoms with van der Waals surface area (Å²) in [5, 5.41) is 5.89. The number of hydrogen-bond donors (Lipinski definition) is 3. The van der Waals surface area contributed by atoms with E-state index in [0.29, 0.717) is 5.56 Å². The third kappa shape index (κ3) is 3.91. The topological polar surface area (TPSA) is 97.8 Å². The molecule has 0 radical (unpaired) electrons. The summed E-state index contributed by atoms with van der Waals surface area (Å²) in [6, 6.07) is 11.6. The lowest BCUT2D eigenvalue weighted by Gasteiger charge is -2.37. The second kappa shape index (κ2) is 8.59. The smallest absolute Gasteiger partial charge is 0.330 e. The molecule has 3 aromatic heterocycles. The average Bonchev–Trinajstić information content (AvgIpc) is 3.34. The molecule has 0 bridgehead atoms.